The van der Waals surface area contributed by atoms with Crippen LogP contribution in [0.3, 0.4) is 0 Å². The first-order valence-corrected chi connectivity index (χ1v) is 10.4. The minimum Gasteiger partial charge on any atom is -0.431 e. The minimum absolute atomic E-state index is 0.304. The molecule has 0 spiro atoms. The summed E-state index contributed by atoms with van der Waals surface area (Å²) in [6, 6.07) is 6.81. The third-order valence-electron chi connectivity index (χ3n) is 4.60. The maximum Gasteiger partial charge on any atom is 0.325 e. The van der Waals surface area contributed by atoms with E-state index in [4.69, 9.17) is 4.42 Å². The molecule has 1 N–H and O–H groups in total. The summed E-state index contributed by atoms with van der Waals surface area (Å²) in [6.07, 6.45) is 1.34. The van der Waals surface area contributed by atoms with E-state index >= 15 is 0 Å². The van der Waals surface area contributed by atoms with E-state index in [1.54, 1.807) is 18.8 Å². The average Bonchev–Trinajstić information content (AvgIpc) is 3.20. The Morgan fingerprint density at radius 3 is 2.93 bits per heavy atom. The largest absolute Gasteiger partial charge is 0.431 e. The van der Waals surface area contributed by atoms with Gasteiger partial charge >= 0.3 is 6.03 Å². The van der Waals surface area contributed by atoms with Crippen LogP contribution in [0.2, 0.25) is 0 Å². The quantitative estimate of drug-likeness (QED) is 0.412. The van der Waals surface area contributed by atoms with E-state index in [9.17, 15) is 9.59 Å². The molecule has 2 atom stereocenters. The molecule has 3 heterocycles. The van der Waals surface area contributed by atoms with Gasteiger partial charge in [-0.1, -0.05) is 23.9 Å². The molecule has 1 aromatic carbocycles. The Balaban J connectivity index is 1.28. The van der Waals surface area contributed by atoms with Gasteiger partial charge in [0.05, 0.1) is 0 Å². The number of benzene rings is 1. The Morgan fingerprint density at radius 2 is 2.11 bits per heavy atom. The number of nitrogens with one attached hydrogen (secondary N) is 1. The molecular weight excluding hydrogens is 434 g/mol. The van der Waals surface area contributed by atoms with Crippen LogP contribution in [-0.4, -0.2) is 63.0 Å². The van der Waals surface area contributed by atoms with Crippen molar-refractivity contribution in [1.29, 1.82) is 0 Å². The number of aliphatic imine (C=N–C) groups is 1. The number of thioether (sulfide) groups is 1. The fourth-order valence-corrected chi connectivity index (χ4v) is 4.62. The van der Waals surface area contributed by atoms with Crippen molar-refractivity contribution in [3.05, 3.63) is 24.3 Å². The zero-order chi connectivity index (χ0) is 19.0. The number of para-hydroxylation sites is 2. The van der Waals surface area contributed by atoms with Crippen LogP contribution >= 0.6 is 27.7 Å². The fourth-order valence-electron chi connectivity index (χ4n) is 3.18. The zero-order valence-corrected chi connectivity index (χ0v) is 17.0. The molecule has 3 amide bonds. The van der Waals surface area contributed by atoms with Gasteiger partial charge in [0.15, 0.2) is 22.5 Å². The number of amides is 3. The maximum absolute atomic E-state index is 12.2. The van der Waals surface area contributed by atoms with Gasteiger partial charge in [-0.3, -0.25) is 10.1 Å². The number of hydrogen-bond donors (Lipinski definition) is 1. The monoisotopic (exact) mass is 451 g/mol. The van der Waals surface area contributed by atoms with Crippen LogP contribution < -0.4 is 5.32 Å². The first-order valence-electron chi connectivity index (χ1n) is 8.60. The highest BCUT2D eigenvalue weighted by atomic mass is 79.9. The lowest BCUT2D eigenvalue weighted by Gasteiger charge is -2.35. The van der Waals surface area contributed by atoms with E-state index in [0.29, 0.717) is 16.5 Å². The second-order valence-corrected chi connectivity index (χ2v) is 8.11. The van der Waals surface area contributed by atoms with Crippen molar-refractivity contribution in [2.45, 2.75) is 30.3 Å². The van der Waals surface area contributed by atoms with E-state index in [2.05, 4.69) is 31.2 Å². The number of unbranched alkanes of at least 4 members (excludes halogenated alkanes) is 1. The summed E-state index contributed by atoms with van der Waals surface area (Å²) in [5.41, 5.74) is 1.66. The molecule has 2 unspecified atom stereocenters. The Labute approximate surface area is 168 Å². The number of aromatic nitrogens is 1. The number of halogens is 1. The lowest BCUT2D eigenvalue weighted by atomic mass is 10.1. The number of likely N-dealkylation sites (N-methyl/N-ethyl adjacent to an activating group) is 1. The summed E-state index contributed by atoms with van der Waals surface area (Å²) in [5, 5.41) is 3.05. The van der Waals surface area contributed by atoms with E-state index in [1.807, 2.05) is 29.2 Å². The molecule has 0 bridgehead atoms. The van der Waals surface area contributed by atoms with Gasteiger partial charge in [0.25, 0.3) is 11.1 Å². The lowest BCUT2D eigenvalue weighted by Crippen LogP contribution is -2.63. The molecule has 0 radical (unpaired) electrons. The van der Waals surface area contributed by atoms with Crippen molar-refractivity contribution in [2.75, 3.05) is 19.3 Å². The number of imide groups is 1. The molecule has 1 fully saturated rings. The van der Waals surface area contributed by atoms with Crippen molar-refractivity contribution in [2.24, 2.45) is 4.99 Å². The van der Waals surface area contributed by atoms with Crippen molar-refractivity contribution in [3.8, 4) is 0 Å². The normalized spacial score (nSPS) is 22.2. The van der Waals surface area contributed by atoms with Gasteiger partial charge in [0.1, 0.15) is 5.52 Å². The van der Waals surface area contributed by atoms with E-state index in [0.717, 1.165) is 29.7 Å². The Morgan fingerprint density at radius 1 is 1.30 bits per heavy atom. The topological polar surface area (TPSA) is 91.0 Å². The number of urea groups is 1. The molecule has 4 rings (SSSR count). The summed E-state index contributed by atoms with van der Waals surface area (Å²) >= 11 is 5.01. The smallest absolute Gasteiger partial charge is 0.325 e. The molecule has 0 saturated carbocycles. The maximum atomic E-state index is 12.2. The summed E-state index contributed by atoms with van der Waals surface area (Å²) in [6.45, 7) is 0.675. The average molecular weight is 452 g/mol. The molecule has 0 aliphatic carbocycles. The predicted molar refractivity (Wildman–Crippen MR) is 106 cm³/mol. The van der Waals surface area contributed by atoms with Crippen LogP contribution in [0.4, 0.5) is 4.79 Å². The molecule has 1 saturated heterocycles. The molecule has 142 valence electrons. The summed E-state index contributed by atoms with van der Waals surface area (Å²) in [7, 11) is 1.64. The number of carbonyl (C=O) groups excluding carboxylic acids is 2. The van der Waals surface area contributed by atoms with Crippen LogP contribution in [-0.2, 0) is 4.79 Å². The number of rotatable bonds is 6. The number of carbonyl (C=O) groups is 2. The highest BCUT2D eigenvalue weighted by Crippen LogP contribution is 2.27. The molecule has 1 aromatic heterocycles. The fraction of sp³-hybridized carbons (Fsp3) is 0.412. The van der Waals surface area contributed by atoms with Gasteiger partial charge in [-0.15, -0.1) is 0 Å². The summed E-state index contributed by atoms with van der Waals surface area (Å²) in [5.74, 6) is 0.566. The van der Waals surface area contributed by atoms with Crippen LogP contribution in [0.25, 0.3) is 11.1 Å². The van der Waals surface area contributed by atoms with Crippen molar-refractivity contribution < 1.29 is 14.0 Å². The predicted octanol–water partition coefficient (Wildman–Crippen LogP) is 2.64. The summed E-state index contributed by atoms with van der Waals surface area (Å²) < 4.78 is 6.31. The number of oxazole rings is 1. The first-order chi connectivity index (χ1) is 13.0. The van der Waals surface area contributed by atoms with Crippen LogP contribution in [0.5, 0.6) is 0 Å². The van der Waals surface area contributed by atoms with Crippen molar-refractivity contribution in [3.63, 3.8) is 0 Å². The van der Waals surface area contributed by atoms with E-state index < -0.39 is 18.2 Å². The number of amidine groups is 1. The van der Waals surface area contributed by atoms with Crippen LogP contribution in [0, 0.1) is 0 Å². The number of fused-ring (bicyclic) bond motifs is 2. The second-order valence-electron chi connectivity index (χ2n) is 6.36. The SMILES string of the molecule is CN1C(=O)NC(=O)C2C1N=C(Br)N2CCCCSc1nc2ccccc2o1. The molecule has 2 aliphatic heterocycles. The Bertz CT molecular complexity index is 884. The molecule has 2 aromatic rings. The van der Waals surface area contributed by atoms with E-state index in [-0.39, 0.29) is 5.91 Å². The molecule has 27 heavy (non-hydrogen) atoms. The third kappa shape index (κ3) is 3.55. The van der Waals surface area contributed by atoms with Crippen molar-refractivity contribution >= 4 is 55.5 Å². The Hall–Kier alpha value is -2.07. The highest BCUT2D eigenvalue weighted by molar-refractivity contribution is 9.18. The van der Waals surface area contributed by atoms with Gasteiger partial charge in [-0.2, -0.15) is 0 Å². The first kappa shape index (κ1) is 18.3. The molecule has 10 heteroatoms. The third-order valence-corrected chi connectivity index (χ3v) is 6.18. The van der Waals surface area contributed by atoms with Gasteiger partial charge in [-0.05, 0) is 40.9 Å². The molecule has 2 aliphatic rings. The van der Waals surface area contributed by atoms with Crippen LogP contribution in [0.1, 0.15) is 12.8 Å². The minimum atomic E-state index is -0.480. The Kier molecular flexibility index (Phi) is 5.09. The summed E-state index contributed by atoms with van der Waals surface area (Å²) in [4.78, 5) is 36.2. The number of hydrogen-bond acceptors (Lipinski definition) is 7. The van der Waals surface area contributed by atoms with Crippen LogP contribution in [0.15, 0.2) is 38.9 Å². The standard InChI is InChI=1S/C17H18BrN5O3S/c1-22-13-12(14(24)21-16(22)25)23(15(18)20-13)8-4-5-9-27-17-19-10-6-2-3-7-11(10)26-17/h2-3,6-7,12-13H,4-5,8-9H2,1H3,(H,21,24,25). The van der Waals surface area contributed by atoms with E-state index in [1.165, 1.54) is 4.90 Å². The van der Waals surface area contributed by atoms with Gasteiger partial charge in [-0.25, -0.2) is 14.8 Å². The molecular formula is C17H18BrN5O3S. The highest BCUT2D eigenvalue weighted by Gasteiger charge is 2.47. The lowest BCUT2D eigenvalue weighted by molar-refractivity contribution is -0.127. The zero-order valence-electron chi connectivity index (χ0n) is 14.6. The number of nitrogens with zero attached hydrogens (tertiary/aromatic N) is 4. The second kappa shape index (κ2) is 7.51. The van der Waals surface area contributed by atoms with Gasteiger partial charge in [0.2, 0.25) is 0 Å². The van der Waals surface area contributed by atoms with Gasteiger partial charge < -0.3 is 14.2 Å². The molecule has 8 nitrogen and oxygen atoms in total. The van der Waals surface area contributed by atoms with Gasteiger partial charge in [0, 0.05) is 19.3 Å². The van der Waals surface area contributed by atoms with Crippen molar-refractivity contribution in [1.82, 2.24) is 20.1 Å².